The molecule has 0 bridgehead atoms. The van der Waals surface area contributed by atoms with Crippen molar-refractivity contribution in [3.8, 4) is 0 Å². The Morgan fingerprint density at radius 1 is 0.909 bits per heavy atom. The van der Waals surface area contributed by atoms with Gasteiger partial charge in [0.25, 0.3) is 17.7 Å². The van der Waals surface area contributed by atoms with E-state index in [2.05, 4.69) is 5.32 Å². The molecule has 1 atom stereocenters. The van der Waals surface area contributed by atoms with Gasteiger partial charge in [-0.15, -0.1) is 11.3 Å². The molecule has 0 spiro atoms. The molecule has 33 heavy (non-hydrogen) atoms. The average Bonchev–Trinajstić information content (AvgIpc) is 3.57. The van der Waals surface area contributed by atoms with Crippen LogP contribution in [0.4, 0.5) is 0 Å². The second-order valence-electron chi connectivity index (χ2n) is 7.28. The van der Waals surface area contributed by atoms with Gasteiger partial charge in [0.1, 0.15) is 0 Å². The molecule has 1 fully saturated rings. The van der Waals surface area contributed by atoms with Crippen molar-refractivity contribution in [2.75, 3.05) is 26.2 Å². The number of hydrogen-bond acceptors (Lipinski definition) is 7. The van der Waals surface area contributed by atoms with Crippen LogP contribution in [0.25, 0.3) is 0 Å². The smallest absolute Gasteiger partial charge is 0.289 e. The van der Waals surface area contributed by atoms with Crippen molar-refractivity contribution in [1.82, 2.24) is 15.1 Å². The van der Waals surface area contributed by atoms with Crippen LogP contribution >= 0.6 is 11.3 Å². The highest BCUT2D eigenvalue weighted by molar-refractivity contribution is 7.92. The van der Waals surface area contributed by atoms with Gasteiger partial charge in [-0.1, -0.05) is 24.3 Å². The van der Waals surface area contributed by atoms with Crippen LogP contribution in [0, 0.1) is 0 Å². The summed E-state index contributed by atoms with van der Waals surface area (Å²) in [5.74, 6) is -1.49. The van der Waals surface area contributed by atoms with E-state index >= 15 is 0 Å². The molecule has 1 aliphatic heterocycles. The molecule has 0 saturated carbocycles. The maximum atomic E-state index is 13.3. The van der Waals surface area contributed by atoms with Crippen LogP contribution in [0.1, 0.15) is 20.2 Å². The summed E-state index contributed by atoms with van der Waals surface area (Å²) in [7, 11) is -4.22. The van der Waals surface area contributed by atoms with Crippen molar-refractivity contribution in [3.63, 3.8) is 0 Å². The largest absolute Gasteiger partial charge is 0.459 e. The molecule has 0 aliphatic carbocycles. The number of piperazine rings is 1. The molecule has 3 heterocycles. The molecule has 4 rings (SSSR count). The number of hydrogen-bond donors (Lipinski definition) is 1. The van der Waals surface area contributed by atoms with Crippen molar-refractivity contribution >= 4 is 38.9 Å². The maximum absolute atomic E-state index is 13.3. The first-order chi connectivity index (χ1) is 15.9. The lowest BCUT2D eigenvalue weighted by atomic mass is 10.2. The van der Waals surface area contributed by atoms with Crippen molar-refractivity contribution in [1.29, 1.82) is 0 Å². The van der Waals surface area contributed by atoms with E-state index in [0.29, 0.717) is 4.88 Å². The molecule has 9 nitrogen and oxygen atoms in total. The molecular formula is C22H21N3O6S2. The Balaban J connectivity index is 1.53. The van der Waals surface area contributed by atoms with Crippen LogP contribution in [0.5, 0.6) is 0 Å². The van der Waals surface area contributed by atoms with Crippen LogP contribution in [0.15, 0.2) is 75.6 Å². The highest BCUT2D eigenvalue weighted by Gasteiger charge is 2.39. The number of benzene rings is 1. The zero-order chi connectivity index (χ0) is 23.4. The number of thiophene rings is 1. The lowest BCUT2D eigenvalue weighted by Crippen LogP contribution is -2.57. The van der Waals surface area contributed by atoms with Gasteiger partial charge in [0.2, 0.25) is 15.2 Å². The van der Waals surface area contributed by atoms with Gasteiger partial charge in [-0.2, -0.15) is 0 Å². The van der Waals surface area contributed by atoms with E-state index < -0.39 is 27.0 Å². The van der Waals surface area contributed by atoms with Gasteiger partial charge in [-0.3, -0.25) is 14.4 Å². The predicted octanol–water partition coefficient (Wildman–Crippen LogP) is 1.86. The zero-order valence-electron chi connectivity index (χ0n) is 17.4. The van der Waals surface area contributed by atoms with Gasteiger partial charge in [0.15, 0.2) is 5.76 Å². The Bertz CT molecular complexity index is 1220. The molecule has 3 aromatic rings. The predicted molar refractivity (Wildman–Crippen MR) is 120 cm³/mol. The summed E-state index contributed by atoms with van der Waals surface area (Å²) in [6.45, 7) is 0.673. The molecule has 0 radical (unpaired) electrons. The molecule has 1 aromatic carbocycles. The van der Waals surface area contributed by atoms with E-state index in [9.17, 15) is 22.8 Å². The van der Waals surface area contributed by atoms with E-state index in [1.807, 2.05) is 0 Å². The summed E-state index contributed by atoms with van der Waals surface area (Å²) < 4.78 is 31.8. The molecule has 1 saturated heterocycles. The Hall–Kier alpha value is -3.44. The van der Waals surface area contributed by atoms with Gasteiger partial charge < -0.3 is 19.5 Å². The van der Waals surface area contributed by atoms with Crippen molar-refractivity contribution in [2.45, 2.75) is 10.3 Å². The first kappa shape index (κ1) is 22.7. The average molecular weight is 488 g/mol. The minimum absolute atomic E-state index is 0.0681. The van der Waals surface area contributed by atoms with E-state index in [0.717, 1.165) is 11.3 Å². The Labute approximate surface area is 194 Å². The fourth-order valence-electron chi connectivity index (χ4n) is 3.47. The summed E-state index contributed by atoms with van der Waals surface area (Å²) in [6, 6.07) is 13.9. The SMILES string of the molecule is O=C(N[C@@H](C(=O)N1CCN(C(=O)c2ccco2)CC1)S(=O)(=O)c1ccccc1)c1cccs1. The first-order valence-corrected chi connectivity index (χ1v) is 12.6. The van der Waals surface area contributed by atoms with E-state index in [-0.39, 0.29) is 42.7 Å². The number of carbonyl (C=O) groups excluding carboxylic acids is 3. The molecule has 3 amide bonds. The molecule has 2 aromatic heterocycles. The van der Waals surface area contributed by atoms with Gasteiger partial charge in [-0.05, 0) is 35.7 Å². The van der Waals surface area contributed by atoms with Crippen LogP contribution in [0.2, 0.25) is 0 Å². The summed E-state index contributed by atoms with van der Waals surface area (Å²) in [5.41, 5.74) is 0. The van der Waals surface area contributed by atoms with Gasteiger partial charge in [-0.25, -0.2) is 8.42 Å². The number of nitrogens with one attached hydrogen (secondary N) is 1. The molecule has 0 unspecified atom stereocenters. The van der Waals surface area contributed by atoms with Gasteiger partial charge >= 0.3 is 0 Å². The van der Waals surface area contributed by atoms with E-state index in [1.165, 1.54) is 28.2 Å². The highest BCUT2D eigenvalue weighted by Crippen LogP contribution is 2.19. The molecule has 172 valence electrons. The molecule has 11 heteroatoms. The van der Waals surface area contributed by atoms with E-state index in [4.69, 9.17) is 4.42 Å². The highest BCUT2D eigenvalue weighted by atomic mass is 32.2. The summed E-state index contributed by atoms with van der Waals surface area (Å²) in [4.78, 5) is 41.6. The van der Waals surface area contributed by atoms with Crippen molar-refractivity contribution in [2.24, 2.45) is 0 Å². The van der Waals surface area contributed by atoms with Gasteiger partial charge in [0.05, 0.1) is 16.0 Å². The molecule has 1 N–H and O–H groups in total. The lowest BCUT2D eigenvalue weighted by Gasteiger charge is -2.36. The van der Waals surface area contributed by atoms with Crippen LogP contribution in [-0.2, 0) is 14.6 Å². The number of carbonyl (C=O) groups is 3. The first-order valence-electron chi connectivity index (χ1n) is 10.1. The van der Waals surface area contributed by atoms with Gasteiger partial charge in [0, 0.05) is 26.2 Å². The second kappa shape index (κ2) is 9.59. The monoisotopic (exact) mass is 487 g/mol. The van der Waals surface area contributed by atoms with Crippen LogP contribution in [0.3, 0.4) is 0 Å². The lowest BCUT2D eigenvalue weighted by molar-refractivity contribution is -0.132. The number of nitrogens with zero attached hydrogens (tertiary/aromatic N) is 2. The van der Waals surface area contributed by atoms with E-state index in [1.54, 1.807) is 47.8 Å². The second-order valence-corrected chi connectivity index (χ2v) is 10.3. The number of amides is 3. The Morgan fingerprint density at radius 2 is 1.61 bits per heavy atom. The third-order valence-electron chi connectivity index (χ3n) is 5.22. The Morgan fingerprint density at radius 3 is 2.21 bits per heavy atom. The number of sulfone groups is 1. The summed E-state index contributed by atoms with van der Waals surface area (Å²) >= 11 is 1.14. The third-order valence-corrected chi connectivity index (χ3v) is 7.96. The standard InChI is InChI=1S/C22H21N3O6S2/c26-19(18-9-5-15-32-18)23-20(33(29,30)16-6-2-1-3-7-16)22(28)25-12-10-24(11-13-25)21(27)17-8-4-14-31-17/h1-9,14-15,20H,10-13H2,(H,23,26)/t20-/m1/s1. The summed E-state index contributed by atoms with van der Waals surface area (Å²) in [6.07, 6.45) is 1.41. The Kier molecular flexibility index (Phi) is 6.61. The minimum atomic E-state index is -4.22. The molecule has 1 aliphatic rings. The fourth-order valence-corrected chi connectivity index (χ4v) is 5.58. The van der Waals surface area contributed by atoms with Crippen LogP contribution in [-0.4, -0.2) is 67.5 Å². The third kappa shape index (κ3) is 4.83. The minimum Gasteiger partial charge on any atom is -0.459 e. The maximum Gasteiger partial charge on any atom is 0.289 e. The number of furan rings is 1. The topological polar surface area (TPSA) is 117 Å². The normalized spacial score (nSPS) is 15.2. The van der Waals surface area contributed by atoms with Crippen LogP contribution < -0.4 is 5.32 Å². The zero-order valence-corrected chi connectivity index (χ0v) is 19.1. The van der Waals surface area contributed by atoms with Crippen molar-refractivity contribution in [3.05, 3.63) is 76.9 Å². The quantitative estimate of drug-likeness (QED) is 0.567. The number of rotatable bonds is 6. The fraction of sp³-hybridized carbons (Fsp3) is 0.227. The summed E-state index contributed by atoms with van der Waals surface area (Å²) in [5, 5.41) is 2.31. The van der Waals surface area contributed by atoms with Crippen molar-refractivity contribution < 1.29 is 27.2 Å². The molecular weight excluding hydrogens is 466 g/mol.